The maximum atomic E-state index is 12.4. The molecule has 1 N–H and O–H groups in total. The van der Waals surface area contributed by atoms with Gasteiger partial charge in [0.25, 0.3) is 0 Å². The summed E-state index contributed by atoms with van der Waals surface area (Å²) in [6, 6.07) is 16.0. The first-order valence-corrected chi connectivity index (χ1v) is 9.21. The molecule has 0 saturated carbocycles. The van der Waals surface area contributed by atoms with Crippen molar-refractivity contribution in [3.63, 3.8) is 0 Å². The van der Waals surface area contributed by atoms with Crippen LogP contribution in [0.3, 0.4) is 0 Å². The summed E-state index contributed by atoms with van der Waals surface area (Å²) in [5.74, 6) is 0.207. The number of rotatable bonds is 6. The van der Waals surface area contributed by atoms with Crippen molar-refractivity contribution in [2.24, 2.45) is 0 Å². The van der Waals surface area contributed by atoms with Crippen molar-refractivity contribution >= 4 is 37.6 Å². The molecule has 0 bridgehead atoms. The van der Waals surface area contributed by atoms with Gasteiger partial charge in [-0.15, -0.1) is 11.6 Å². The van der Waals surface area contributed by atoms with E-state index in [1.807, 2.05) is 30.3 Å². The lowest BCUT2D eigenvalue weighted by Crippen LogP contribution is -2.37. The second-order valence-electron chi connectivity index (χ2n) is 4.59. The monoisotopic (exact) mass is 387 g/mol. The van der Waals surface area contributed by atoms with Crippen molar-refractivity contribution < 1.29 is 8.42 Å². The third-order valence-electron chi connectivity index (χ3n) is 2.96. The molecule has 6 heteroatoms. The lowest BCUT2D eigenvalue weighted by atomic mass is 10.1. The van der Waals surface area contributed by atoms with Crippen LogP contribution in [-0.2, 0) is 16.4 Å². The van der Waals surface area contributed by atoms with Gasteiger partial charge in [-0.25, -0.2) is 13.1 Å². The number of hydrogen-bond donors (Lipinski definition) is 1. The highest BCUT2D eigenvalue weighted by Gasteiger charge is 2.21. The largest absolute Gasteiger partial charge is 0.241 e. The number of halogens is 2. The third kappa shape index (κ3) is 4.54. The van der Waals surface area contributed by atoms with E-state index in [1.165, 1.54) is 0 Å². The van der Waals surface area contributed by atoms with Crippen molar-refractivity contribution in [1.29, 1.82) is 0 Å². The molecule has 2 aromatic carbocycles. The highest BCUT2D eigenvalue weighted by Crippen LogP contribution is 2.21. The summed E-state index contributed by atoms with van der Waals surface area (Å²) in [6.45, 7) is 0. The van der Waals surface area contributed by atoms with Gasteiger partial charge < -0.3 is 0 Å². The number of sulfonamides is 1. The van der Waals surface area contributed by atoms with E-state index in [1.54, 1.807) is 24.3 Å². The van der Waals surface area contributed by atoms with Crippen LogP contribution in [0.5, 0.6) is 0 Å². The Morgan fingerprint density at radius 3 is 2.29 bits per heavy atom. The smallest absolute Gasteiger partial charge is 0.207 e. The van der Waals surface area contributed by atoms with Gasteiger partial charge in [-0.1, -0.05) is 42.5 Å². The second kappa shape index (κ2) is 7.40. The van der Waals surface area contributed by atoms with Crippen molar-refractivity contribution in [2.45, 2.75) is 17.4 Å². The molecule has 1 atom stereocenters. The molecule has 0 aliphatic rings. The van der Waals surface area contributed by atoms with Gasteiger partial charge in [0.05, 0.1) is 4.90 Å². The molecule has 0 amide bonds. The maximum Gasteiger partial charge on any atom is 0.241 e. The molecule has 112 valence electrons. The number of alkyl halides is 1. The molecule has 3 nitrogen and oxygen atoms in total. The minimum Gasteiger partial charge on any atom is -0.207 e. The van der Waals surface area contributed by atoms with Gasteiger partial charge in [-0.05, 0) is 40.0 Å². The lowest BCUT2D eigenvalue weighted by Gasteiger charge is -2.17. The molecular weight excluding hydrogens is 374 g/mol. The quantitative estimate of drug-likeness (QED) is 0.769. The first-order valence-electron chi connectivity index (χ1n) is 6.39. The van der Waals surface area contributed by atoms with E-state index in [2.05, 4.69) is 20.7 Å². The highest BCUT2D eigenvalue weighted by molar-refractivity contribution is 9.10. The van der Waals surface area contributed by atoms with Gasteiger partial charge >= 0.3 is 0 Å². The van der Waals surface area contributed by atoms with E-state index in [9.17, 15) is 8.42 Å². The second-order valence-corrected chi connectivity index (χ2v) is 7.44. The minimum atomic E-state index is -3.60. The number of nitrogens with one attached hydrogen (secondary N) is 1. The first-order chi connectivity index (χ1) is 10.0. The zero-order valence-corrected chi connectivity index (χ0v) is 14.3. The standard InChI is InChI=1S/C15H15BrClNO2S/c16-14-8-4-5-9-15(14)21(19,20)18-13(11-17)10-12-6-2-1-3-7-12/h1-9,13,18H,10-11H2. The van der Waals surface area contributed by atoms with Crippen molar-refractivity contribution in [1.82, 2.24) is 4.72 Å². The predicted octanol–water partition coefficient (Wildman–Crippen LogP) is 3.58. The Morgan fingerprint density at radius 1 is 1.05 bits per heavy atom. The van der Waals surface area contributed by atoms with Gasteiger partial charge in [-0.3, -0.25) is 0 Å². The molecule has 0 saturated heterocycles. The maximum absolute atomic E-state index is 12.4. The highest BCUT2D eigenvalue weighted by atomic mass is 79.9. The van der Waals surface area contributed by atoms with Gasteiger partial charge in [0.1, 0.15) is 0 Å². The average Bonchev–Trinajstić information content (AvgIpc) is 2.47. The molecule has 0 heterocycles. The number of benzene rings is 2. The van der Waals surface area contributed by atoms with Crippen LogP contribution in [0, 0.1) is 0 Å². The molecule has 0 fully saturated rings. The van der Waals surface area contributed by atoms with Crippen LogP contribution >= 0.6 is 27.5 Å². The Kier molecular flexibility index (Phi) is 5.81. The molecule has 0 radical (unpaired) electrons. The topological polar surface area (TPSA) is 46.2 Å². The van der Waals surface area contributed by atoms with E-state index in [0.29, 0.717) is 10.9 Å². The normalized spacial score (nSPS) is 13.0. The molecule has 0 aromatic heterocycles. The summed E-state index contributed by atoms with van der Waals surface area (Å²) in [5, 5.41) is 0. The van der Waals surface area contributed by atoms with Crippen molar-refractivity contribution in [3.05, 3.63) is 64.6 Å². The molecule has 0 aliphatic carbocycles. The Bertz CT molecular complexity index is 692. The Morgan fingerprint density at radius 2 is 1.67 bits per heavy atom. The summed E-state index contributed by atoms with van der Waals surface area (Å²) in [7, 11) is -3.60. The van der Waals surface area contributed by atoms with Gasteiger partial charge in [0, 0.05) is 16.4 Å². The Labute approximate surface area is 138 Å². The molecule has 21 heavy (non-hydrogen) atoms. The molecule has 2 rings (SSSR count). The van der Waals surface area contributed by atoms with Crippen molar-refractivity contribution in [2.75, 3.05) is 5.88 Å². The fraction of sp³-hybridized carbons (Fsp3) is 0.200. The van der Waals surface area contributed by atoms with E-state index in [-0.39, 0.29) is 16.8 Å². The summed E-state index contributed by atoms with van der Waals surface area (Å²) in [5.41, 5.74) is 1.04. The van der Waals surface area contributed by atoms with E-state index >= 15 is 0 Å². The molecule has 1 unspecified atom stereocenters. The molecular formula is C15H15BrClNO2S. The van der Waals surface area contributed by atoms with Crippen LogP contribution in [0.2, 0.25) is 0 Å². The summed E-state index contributed by atoms with van der Waals surface area (Å²) in [6.07, 6.45) is 0.550. The SMILES string of the molecule is O=S(=O)(NC(CCl)Cc1ccccc1)c1ccccc1Br. The first kappa shape index (κ1) is 16.5. The minimum absolute atomic E-state index is 0.207. The van der Waals surface area contributed by atoms with Crippen LogP contribution in [0.4, 0.5) is 0 Å². The molecule has 0 spiro atoms. The van der Waals surface area contributed by atoms with Crippen LogP contribution in [-0.4, -0.2) is 20.3 Å². The van der Waals surface area contributed by atoms with Crippen LogP contribution in [0.1, 0.15) is 5.56 Å². The van der Waals surface area contributed by atoms with Crippen LogP contribution in [0.15, 0.2) is 64.0 Å². The van der Waals surface area contributed by atoms with Crippen molar-refractivity contribution in [3.8, 4) is 0 Å². The van der Waals surface area contributed by atoms with E-state index in [4.69, 9.17) is 11.6 Å². The van der Waals surface area contributed by atoms with E-state index < -0.39 is 10.0 Å². The number of hydrogen-bond acceptors (Lipinski definition) is 2. The predicted molar refractivity (Wildman–Crippen MR) is 89.1 cm³/mol. The zero-order chi connectivity index (χ0) is 15.3. The average molecular weight is 389 g/mol. The van der Waals surface area contributed by atoms with Gasteiger partial charge in [-0.2, -0.15) is 0 Å². The Hall–Kier alpha value is -0.880. The molecule has 0 aliphatic heterocycles. The fourth-order valence-electron chi connectivity index (χ4n) is 1.97. The van der Waals surface area contributed by atoms with E-state index in [0.717, 1.165) is 5.56 Å². The van der Waals surface area contributed by atoms with Crippen LogP contribution in [0.25, 0.3) is 0 Å². The third-order valence-corrected chi connectivity index (χ3v) is 5.86. The van der Waals surface area contributed by atoms with Gasteiger partial charge in [0.15, 0.2) is 0 Å². The summed E-state index contributed by atoms with van der Waals surface area (Å²) < 4.78 is 28.0. The summed E-state index contributed by atoms with van der Waals surface area (Å²) >= 11 is 9.17. The summed E-state index contributed by atoms with van der Waals surface area (Å²) in [4.78, 5) is 0.216. The molecule has 2 aromatic rings. The Balaban J connectivity index is 2.16. The zero-order valence-electron chi connectivity index (χ0n) is 11.2. The van der Waals surface area contributed by atoms with Gasteiger partial charge in [0.2, 0.25) is 10.0 Å². The lowest BCUT2D eigenvalue weighted by molar-refractivity contribution is 0.560. The van der Waals surface area contributed by atoms with Crippen LogP contribution < -0.4 is 4.72 Å². The fourth-order valence-corrected chi connectivity index (χ4v) is 4.49.